The molecule has 7 nitrogen and oxygen atoms in total. The molecule has 0 saturated carbocycles. The lowest BCUT2D eigenvalue weighted by Crippen LogP contribution is -2.40. The molecular formula is C23H27N3O4. The van der Waals surface area contributed by atoms with Crippen LogP contribution in [-0.2, 0) is 9.53 Å². The number of anilines is 2. The molecule has 0 atom stereocenters. The van der Waals surface area contributed by atoms with E-state index in [0.29, 0.717) is 49.9 Å². The summed E-state index contributed by atoms with van der Waals surface area (Å²) in [4.78, 5) is 26.6. The van der Waals surface area contributed by atoms with Gasteiger partial charge in [-0.15, -0.1) is 0 Å². The maximum Gasteiger partial charge on any atom is 0.254 e. The number of carbonyl (C=O) groups is 2. The summed E-state index contributed by atoms with van der Waals surface area (Å²) in [5, 5.41) is 5.92. The van der Waals surface area contributed by atoms with Crippen LogP contribution in [-0.4, -0.2) is 56.2 Å². The van der Waals surface area contributed by atoms with Crippen molar-refractivity contribution in [3.05, 3.63) is 66.2 Å². The molecule has 1 heterocycles. The Morgan fingerprint density at radius 2 is 1.80 bits per heavy atom. The molecular weight excluding hydrogens is 382 g/mol. The number of nitrogens with one attached hydrogen (secondary N) is 2. The van der Waals surface area contributed by atoms with Crippen molar-refractivity contribution in [1.29, 1.82) is 0 Å². The zero-order valence-electron chi connectivity index (χ0n) is 17.1. The zero-order chi connectivity index (χ0) is 21.3. The van der Waals surface area contributed by atoms with Crippen molar-refractivity contribution in [2.75, 3.05) is 50.1 Å². The Morgan fingerprint density at radius 3 is 2.50 bits per heavy atom. The Kier molecular flexibility index (Phi) is 7.45. The van der Waals surface area contributed by atoms with Crippen LogP contribution in [0.2, 0.25) is 0 Å². The molecule has 0 aromatic heterocycles. The summed E-state index contributed by atoms with van der Waals surface area (Å²) in [5.41, 5.74) is 2.89. The fraction of sp³-hybridized carbons (Fsp3) is 0.304. The number of nitrogens with zero attached hydrogens (tertiary/aromatic N) is 1. The predicted molar refractivity (Wildman–Crippen MR) is 117 cm³/mol. The predicted octanol–water partition coefficient (Wildman–Crippen LogP) is 3.16. The van der Waals surface area contributed by atoms with Gasteiger partial charge in [-0.05, 0) is 48.9 Å². The number of ether oxygens (including phenoxy) is 2. The number of carbonyl (C=O) groups excluding carboxylic acids is 2. The summed E-state index contributed by atoms with van der Waals surface area (Å²) >= 11 is 0. The molecule has 1 saturated heterocycles. The van der Waals surface area contributed by atoms with Gasteiger partial charge in [0.1, 0.15) is 12.4 Å². The third-order valence-electron chi connectivity index (χ3n) is 4.52. The van der Waals surface area contributed by atoms with Gasteiger partial charge in [-0.1, -0.05) is 18.7 Å². The number of amides is 2. The molecule has 1 aliphatic rings. The quantitative estimate of drug-likeness (QED) is 0.655. The van der Waals surface area contributed by atoms with Gasteiger partial charge in [-0.25, -0.2) is 0 Å². The van der Waals surface area contributed by atoms with Crippen molar-refractivity contribution in [2.45, 2.75) is 6.92 Å². The molecule has 2 aromatic carbocycles. The van der Waals surface area contributed by atoms with Crippen LogP contribution in [0, 0.1) is 0 Å². The zero-order valence-corrected chi connectivity index (χ0v) is 17.1. The molecule has 2 amide bonds. The molecule has 2 aromatic rings. The van der Waals surface area contributed by atoms with Crippen LogP contribution < -0.4 is 15.4 Å². The normalized spacial score (nSPS) is 13.4. The van der Waals surface area contributed by atoms with E-state index in [2.05, 4.69) is 17.2 Å². The minimum atomic E-state index is -0.199. The fourth-order valence-corrected chi connectivity index (χ4v) is 2.95. The van der Waals surface area contributed by atoms with Gasteiger partial charge in [-0.2, -0.15) is 0 Å². The Labute approximate surface area is 176 Å². The van der Waals surface area contributed by atoms with Crippen LogP contribution in [0.4, 0.5) is 11.4 Å². The van der Waals surface area contributed by atoms with Crippen LogP contribution >= 0.6 is 0 Å². The fourth-order valence-electron chi connectivity index (χ4n) is 2.95. The topological polar surface area (TPSA) is 79.9 Å². The number of hydrogen-bond donors (Lipinski definition) is 2. The highest BCUT2D eigenvalue weighted by Gasteiger charge is 2.18. The van der Waals surface area contributed by atoms with E-state index in [-0.39, 0.29) is 18.4 Å². The Morgan fingerprint density at radius 1 is 1.10 bits per heavy atom. The van der Waals surface area contributed by atoms with Crippen molar-refractivity contribution in [2.24, 2.45) is 0 Å². The third kappa shape index (κ3) is 6.09. The van der Waals surface area contributed by atoms with Gasteiger partial charge in [-0.3, -0.25) is 9.59 Å². The van der Waals surface area contributed by atoms with E-state index in [0.717, 1.165) is 11.3 Å². The van der Waals surface area contributed by atoms with Gasteiger partial charge in [0.2, 0.25) is 5.91 Å². The Bertz CT molecular complexity index is 890. The third-order valence-corrected chi connectivity index (χ3v) is 4.52. The molecule has 0 unspecified atom stereocenters. The van der Waals surface area contributed by atoms with Crippen molar-refractivity contribution < 1.29 is 19.1 Å². The summed E-state index contributed by atoms with van der Waals surface area (Å²) < 4.78 is 10.9. The monoisotopic (exact) mass is 409 g/mol. The minimum Gasteiger partial charge on any atom is -0.487 e. The van der Waals surface area contributed by atoms with E-state index in [1.54, 1.807) is 41.3 Å². The molecule has 1 fully saturated rings. The first-order chi connectivity index (χ1) is 14.5. The number of para-hydroxylation sites is 2. The van der Waals surface area contributed by atoms with E-state index in [1.807, 2.05) is 19.1 Å². The Hall–Kier alpha value is -3.32. The number of rotatable bonds is 8. The molecule has 2 N–H and O–H groups in total. The summed E-state index contributed by atoms with van der Waals surface area (Å²) in [6, 6.07) is 14.4. The van der Waals surface area contributed by atoms with Gasteiger partial charge in [0.05, 0.1) is 25.4 Å². The highest BCUT2D eigenvalue weighted by atomic mass is 16.5. The second-order valence-corrected chi connectivity index (χ2v) is 7.13. The first kappa shape index (κ1) is 21.4. The lowest BCUT2D eigenvalue weighted by molar-refractivity contribution is -0.114. The van der Waals surface area contributed by atoms with Crippen molar-refractivity contribution >= 4 is 23.2 Å². The van der Waals surface area contributed by atoms with Crippen LogP contribution in [0.1, 0.15) is 17.3 Å². The molecule has 3 rings (SSSR count). The van der Waals surface area contributed by atoms with Crippen LogP contribution in [0.5, 0.6) is 5.75 Å². The van der Waals surface area contributed by atoms with Gasteiger partial charge < -0.3 is 25.0 Å². The van der Waals surface area contributed by atoms with Gasteiger partial charge >= 0.3 is 0 Å². The second-order valence-electron chi connectivity index (χ2n) is 7.13. The first-order valence-electron chi connectivity index (χ1n) is 9.90. The molecule has 30 heavy (non-hydrogen) atoms. The van der Waals surface area contributed by atoms with Gasteiger partial charge in [0.25, 0.3) is 5.91 Å². The Balaban J connectivity index is 1.51. The van der Waals surface area contributed by atoms with E-state index in [4.69, 9.17) is 9.47 Å². The summed E-state index contributed by atoms with van der Waals surface area (Å²) in [6.07, 6.45) is 0. The molecule has 7 heteroatoms. The lowest BCUT2D eigenvalue weighted by atomic mass is 10.1. The van der Waals surface area contributed by atoms with E-state index < -0.39 is 0 Å². The number of morpholine rings is 1. The van der Waals surface area contributed by atoms with Crippen LogP contribution in [0.3, 0.4) is 0 Å². The largest absolute Gasteiger partial charge is 0.487 e. The van der Waals surface area contributed by atoms with E-state index in [1.165, 1.54) is 0 Å². The molecule has 0 bridgehead atoms. The SMILES string of the molecule is C=C(C)COc1ccccc1NC(=O)CNc1ccc(C(=O)N2CCOCC2)cc1. The number of hydrogen-bond acceptors (Lipinski definition) is 5. The van der Waals surface area contributed by atoms with Gasteiger partial charge in [0.15, 0.2) is 0 Å². The summed E-state index contributed by atoms with van der Waals surface area (Å²) in [6.45, 7) is 8.53. The number of benzene rings is 2. The summed E-state index contributed by atoms with van der Waals surface area (Å²) in [5.74, 6) is 0.392. The second kappa shape index (κ2) is 10.5. The van der Waals surface area contributed by atoms with E-state index in [9.17, 15) is 9.59 Å². The molecule has 0 aliphatic carbocycles. The summed E-state index contributed by atoms with van der Waals surface area (Å²) in [7, 11) is 0. The maximum absolute atomic E-state index is 12.5. The van der Waals surface area contributed by atoms with Crippen molar-refractivity contribution in [1.82, 2.24) is 4.90 Å². The molecule has 158 valence electrons. The molecule has 0 radical (unpaired) electrons. The molecule has 1 aliphatic heterocycles. The highest BCUT2D eigenvalue weighted by Crippen LogP contribution is 2.24. The first-order valence-corrected chi connectivity index (χ1v) is 9.90. The smallest absolute Gasteiger partial charge is 0.254 e. The average Bonchev–Trinajstić information content (AvgIpc) is 2.77. The van der Waals surface area contributed by atoms with Gasteiger partial charge in [0, 0.05) is 24.3 Å². The maximum atomic E-state index is 12.5. The average molecular weight is 409 g/mol. The van der Waals surface area contributed by atoms with Crippen molar-refractivity contribution in [3.63, 3.8) is 0 Å². The standard InChI is InChI=1S/C23H27N3O4/c1-17(2)16-30-21-6-4-3-5-20(21)25-22(27)15-24-19-9-7-18(8-10-19)23(28)26-11-13-29-14-12-26/h3-10,24H,1,11-16H2,2H3,(H,25,27). The highest BCUT2D eigenvalue weighted by molar-refractivity contribution is 5.96. The van der Waals surface area contributed by atoms with E-state index >= 15 is 0 Å². The van der Waals surface area contributed by atoms with Crippen LogP contribution in [0.15, 0.2) is 60.7 Å². The van der Waals surface area contributed by atoms with Crippen molar-refractivity contribution in [3.8, 4) is 5.75 Å². The minimum absolute atomic E-state index is 0.00559. The lowest BCUT2D eigenvalue weighted by Gasteiger charge is -2.26. The molecule has 0 spiro atoms. The van der Waals surface area contributed by atoms with Crippen LogP contribution in [0.25, 0.3) is 0 Å².